The summed E-state index contributed by atoms with van der Waals surface area (Å²) in [6.07, 6.45) is 6.07. The van der Waals surface area contributed by atoms with Crippen molar-refractivity contribution in [3.63, 3.8) is 0 Å². The number of nitrogens with one attached hydrogen (secondary N) is 2. The first-order valence-corrected chi connectivity index (χ1v) is 6.50. The van der Waals surface area contributed by atoms with E-state index in [9.17, 15) is 0 Å². The smallest absolute Gasteiger partial charge is 0.182 e. The quantitative estimate of drug-likeness (QED) is 0.750. The maximum absolute atomic E-state index is 4.36. The molecular weight excluding hydrogens is 248 g/mol. The van der Waals surface area contributed by atoms with Crippen molar-refractivity contribution in [2.45, 2.75) is 19.9 Å². The second kappa shape index (κ2) is 4.69. The van der Waals surface area contributed by atoms with Crippen LogP contribution < -0.4 is 5.32 Å². The average Bonchev–Trinajstić information content (AvgIpc) is 3.05. The second-order valence-corrected chi connectivity index (χ2v) is 4.95. The van der Waals surface area contributed by atoms with Gasteiger partial charge in [-0.25, -0.2) is 19.9 Å². The van der Waals surface area contributed by atoms with Gasteiger partial charge in [0.1, 0.15) is 16.9 Å². The number of H-pyrrole nitrogens is 1. The van der Waals surface area contributed by atoms with Gasteiger partial charge in [-0.3, -0.25) is 0 Å². The summed E-state index contributed by atoms with van der Waals surface area (Å²) in [6.45, 7) is 2.79. The van der Waals surface area contributed by atoms with Crippen molar-refractivity contribution in [2.24, 2.45) is 0 Å². The van der Waals surface area contributed by atoms with Crippen LogP contribution in [0.3, 0.4) is 0 Å². The van der Waals surface area contributed by atoms with Crippen molar-refractivity contribution < 1.29 is 0 Å². The number of aromatic nitrogens is 5. The van der Waals surface area contributed by atoms with Gasteiger partial charge in [-0.1, -0.05) is 6.92 Å². The van der Waals surface area contributed by atoms with Crippen molar-refractivity contribution in [3.8, 4) is 0 Å². The topological polar surface area (TPSA) is 79.4 Å². The van der Waals surface area contributed by atoms with Crippen LogP contribution in [-0.4, -0.2) is 24.9 Å². The number of anilines is 1. The van der Waals surface area contributed by atoms with Gasteiger partial charge < -0.3 is 10.3 Å². The van der Waals surface area contributed by atoms with Gasteiger partial charge in [0.25, 0.3) is 0 Å². The minimum atomic E-state index is 0.663. The number of thiazole rings is 1. The third-order valence-electron chi connectivity index (χ3n) is 2.58. The van der Waals surface area contributed by atoms with E-state index >= 15 is 0 Å². The highest BCUT2D eigenvalue weighted by Gasteiger charge is 2.06. The Morgan fingerprint density at radius 3 is 3.06 bits per heavy atom. The third-order valence-corrected chi connectivity index (χ3v) is 3.72. The summed E-state index contributed by atoms with van der Waals surface area (Å²) in [7, 11) is 0. The van der Waals surface area contributed by atoms with Crippen molar-refractivity contribution >= 4 is 28.3 Å². The predicted molar refractivity (Wildman–Crippen MR) is 70.5 cm³/mol. The molecule has 0 radical (unpaired) electrons. The fraction of sp³-hybridized carbons (Fsp3) is 0.273. The molecule has 0 aliphatic carbocycles. The first kappa shape index (κ1) is 11.1. The largest absolute Gasteiger partial charge is 0.362 e. The van der Waals surface area contributed by atoms with E-state index < -0.39 is 0 Å². The lowest BCUT2D eigenvalue weighted by Gasteiger charge is -2.03. The predicted octanol–water partition coefficient (Wildman–Crippen LogP) is 1.98. The number of aryl methyl sites for hydroxylation is 1. The van der Waals surface area contributed by atoms with E-state index in [2.05, 4.69) is 37.2 Å². The number of hydrogen-bond acceptors (Lipinski definition) is 6. The Morgan fingerprint density at radius 1 is 1.28 bits per heavy atom. The molecule has 7 heteroatoms. The minimum Gasteiger partial charge on any atom is -0.362 e. The maximum Gasteiger partial charge on any atom is 0.182 e. The molecule has 0 aliphatic heterocycles. The number of aromatic amines is 1. The van der Waals surface area contributed by atoms with Crippen LogP contribution in [0.5, 0.6) is 0 Å². The minimum absolute atomic E-state index is 0.663. The number of fused-ring (bicyclic) bond motifs is 1. The molecule has 0 atom stereocenters. The first-order chi connectivity index (χ1) is 8.86. The summed E-state index contributed by atoms with van der Waals surface area (Å²) < 4.78 is 0. The standard InChI is InChI=1S/C11H12N6S/c1-2-7-3-12-8(18-7)4-13-10-9-11(15-5-14-9)17-6-16-10/h3,5-6H,2,4H2,1H3,(H2,13,14,15,16,17). The summed E-state index contributed by atoms with van der Waals surface area (Å²) in [5, 5.41) is 4.31. The highest BCUT2D eigenvalue weighted by Crippen LogP contribution is 2.18. The number of rotatable bonds is 4. The number of imidazole rings is 1. The number of hydrogen-bond donors (Lipinski definition) is 2. The van der Waals surface area contributed by atoms with Gasteiger partial charge in [-0.2, -0.15) is 0 Å². The van der Waals surface area contributed by atoms with Gasteiger partial charge in [-0.05, 0) is 6.42 Å². The van der Waals surface area contributed by atoms with Crippen molar-refractivity contribution in [3.05, 3.63) is 28.7 Å². The van der Waals surface area contributed by atoms with Crippen molar-refractivity contribution in [2.75, 3.05) is 5.32 Å². The zero-order chi connectivity index (χ0) is 12.4. The van der Waals surface area contributed by atoms with Crippen molar-refractivity contribution in [1.82, 2.24) is 24.9 Å². The Balaban J connectivity index is 1.78. The molecule has 3 aromatic rings. The Labute approximate surface area is 108 Å². The molecule has 0 fully saturated rings. The molecule has 0 bridgehead atoms. The van der Waals surface area contributed by atoms with E-state index in [1.165, 1.54) is 11.2 Å². The molecule has 0 unspecified atom stereocenters. The first-order valence-electron chi connectivity index (χ1n) is 5.68. The average molecular weight is 260 g/mol. The lowest BCUT2D eigenvalue weighted by molar-refractivity contribution is 1.07. The monoisotopic (exact) mass is 260 g/mol. The van der Waals surface area contributed by atoms with Gasteiger partial charge in [0.2, 0.25) is 0 Å². The Bertz CT molecular complexity index is 658. The van der Waals surface area contributed by atoms with E-state index in [1.807, 2.05) is 6.20 Å². The van der Waals surface area contributed by atoms with Gasteiger partial charge in [0, 0.05) is 11.1 Å². The summed E-state index contributed by atoms with van der Waals surface area (Å²) in [4.78, 5) is 21.0. The van der Waals surface area contributed by atoms with Crippen LogP contribution >= 0.6 is 11.3 Å². The highest BCUT2D eigenvalue weighted by molar-refractivity contribution is 7.11. The normalized spacial score (nSPS) is 10.9. The molecule has 0 aliphatic rings. The van der Waals surface area contributed by atoms with Crippen LogP contribution in [0.4, 0.5) is 5.82 Å². The number of nitrogens with zero attached hydrogens (tertiary/aromatic N) is 4. The van der Waals surface area contributed by atoms with Crippen LogP contribution in [0.1, 0.15) is 16.8 Å². The molecule has 3 aromatic heterocycles. The maximum atomic E-state index is 4.36. The van der Waals surface area contributed by atoms with Crippen LogP contribution in [-0.2, 0) is 13.0 Å². The SMILES string of the molecule is CCc1cnc(CNc2ncnc3nc[nH]c23)s1. The van der Waals surface area contributed by atoms with Gasteiger partial charge >= 0.3 is 0 Å². The molecule has 0 aromatic carbocycles. The van der Waals surface area contributed by atoms with E-state index in [0.717, 1.165) is 22.8 Å². The molecule has 0 saturated carbocycles. The molecule has 3 rings (SSSR count). The van der Waals surface area contributed by atoms with E-state index in [1.54, 1.807) is 17.7 Å². The van der Waals surface area contributed by atoms with E-state index in [-0.39, 0.29) is 0 Å². The molecule has 6 nitrogen and oxygen atoms in total. The lowest BCUT2D eigenvalue weighted by Crippen LogP contribution is -2.02. The molecule has 92 valence electrons. The fourth-order valence-corrected chi connectivity index (χ4v) is 2.45. The summed E-state index contributed by atoms with van der Waals surface area (Å²) in [5.74, 6) is 0.755. The molecule has 0 saturated heterocycles. The lowest BCUT2D eigenvalue weighted by atomic mass is 10.4. The van der Waals surface area contributed by atoms with E-state index in [0.29, 0.717) is 12.2 Å². The zero-order valence-electron chi connectivity index (χ0n) is 9.84. The Morgan fingerprint density at radius 2 is 2.22 bits per heavy atom. The van der Waals surface area contributed by atoms with Crippen molar-refractivity contribution in [1.29, 1.82) is 0 Å². The zero-order valence-corrected chi connectivity index (χ0v) is 10.7. The van der Waals surface area contributed by atoms with Crippen LogP contribution in [0.15, 0.2) is 18.9 Å². The van der Waals surface area contributed by atoms with Crippen LogP contribution in [0.2, 0.25) is 0 Å². The molecule has 0 amide bonds. The molecule has 18 heavy (non-hydrogen) atoms. The Hall–Kier alpha value is -2.02. The summed E-state index contributed by atoms with van der Waals surface area (Å²) >= 11 is 1.72. The fourth-order valence-electron chi connectivity index (χ4n) is 1.65. The second-order valence-electron chi connectivity index (χ2n) is 3.75. The van der Waals surface area contributed by atoms with Gasteiger partial charge in [0.15, 0.2) is 11.5 Å². The van der Waals surface area contributed by atoms with Crippen LogP contribution in [0.25, 0.3) is 11.2 Å². The summed E-state index contributed by atoms with van der Waals surface area (Å²) in [6, 6.07) is 0. The highest BCUT2D eigenvalue weighted by atomic mass is 32.1. The Kier molecular flexibility index (Phi) is 2.89. The van der Waals surface area contributed by atoms with Gasteiger partial charge in [-0.15, -0.1) is 11.3 Å². The van der Waals surface area contributed by atoms with Gasteiger partial charge in [0.05, 0.1) is 12.9 Å². The van der Waals surface area contributed by atoms with E-state index in [4.69, 9.17) is 0 Å². The molecular formula is C11H12N6S. The molecule has 3 heterocycles. The molecule has 0 spiro atoms. The molecule has 2 N–H and O–H groups in total. The summed E-state index contributed by atoms with van der Waals surface area (Å²) in [5.41, 5.74) is 1.49. The third kappa shape index (κ3) is 2.04. The van der Waals surface area contributed by atoms with Crippen LogP contribution in [0, 0.1) is 0 Å².